The number of halogens is 2. The lowest BCUT2D eigenvalue weighted by Gasteiger charge is -2.46. The van der Waals surface area contributed by atoms with Crippen LogP contribution in [0.2, 0.25) is 0 Å². The minimum Gasteiger partial charge on any atom is -0.389 e. The Kier molecular flexibility index (Phi) is 4.86. The highest BCUT2D eigenvalue weighted by Crippen LogP contribution is 2.36. The third kappa shape index (κ3) is 3.29. The zero-order valence-corrected chi connectivity index (χ0v) is 14.9. The van der Waals surface area contributed by atoms with Crippen LogP contribution in [0.25, 0.3) is 0 Å². The van der Waals surface area contributed by atoms with Gasteiger partial charge in [-0.3, -0.25) is 4.79 Å². The summed E-state index contributed by atoms with van der Waals surface area (Å²) in [5.74, 6) is -1.98. The van der Waals surface area contributed by atoms with Gasteiger partial charge in [0.15, 0.2) is 0 Å². The summed E-state index contributed by atoms with van der Waals surface area (Å²) >= 11 is 0. The number of hydrogen-bond acceptors (Lipinski definition) is 3. The molecule has 0 radical (unpaired) electrons. The molecular formula is C19H26F2N2O2. The van der Waals surface area contributed by atoms with Crippen LogP contribution in [0, 0.1) is 29.4 Å². The molecule has 1 aromatic rings. The van der Waals surface area contributed by atoms with Crippen molar-refractivity contribution >= 4 is 5.91 Å². The first-order chi connectivity index (χ1) is 11.7. The SMILES string of the molecule is C[C@@H]1CN(C(=O)[C@@H]2CNC[C@H]2c2ccc(F)cc2F)C[C@H](C)C1(C)O. The molecule has 25 heavy (non-hydrogen) atoms. The second-order valence-corrected chi connectivity index (χ2v) is 7.81. The molecule has 2 N–H and O–H groups in total. The van der Waals surface area contributed by atoms with Gasteiger partial charge in [0, 0.05) is 50.0 Å². The molecule has 0 saturated carbocycles. The summed E-state index contributed by atoms with van der Waals surface area (Å²) in [7, 11) is 0. The maximum absolute atomic E-state index is 14.2. The highest BCUT2D eigenvalue weighted by Gasteiger charge is 2.45. The van der Waals surface area contributed by atoms with Gasteiger partial charge in [0.25, 0.3) is 0 Å². The van der Waals surface area contributed by atoms with E-state index in [0.29, 0.717) is 31.7 Å². The standard InChI is InChI=1S/C19H26F2N2O2/c1-11-9-23(10-12(2)19(11,3)25)18(24)16-8-22-7-15(16)14-5-4-13(20)6-17(14)21/h4-6,11-12,15-16,22,25H,7-10H2,1-3H3/t11-,12+,15-,16+,19?/m0/s1. The predicted molar refractivity (Wildman–Crippen MR) is 91.0 cm³/mol. The van der Waals surface area contributed by atoms with Crippen molar-refractivity contribution in [3.8, 4) is 0 Å². The summed E-state index contributed by atoms with van der Waals surface area (Å²) in [4.78, 5) is 14.9. The first kappa shape index (κ1) is 18.3. The number of amides is 1. The van der Waals surface area contributed by atoms with Crippen molar-refractivity contribution in [3.63, 3.8) is 0 Å². The Morgan fingerprint density at radius 3 is 2.48 bits per heavy atom. The minimum absolute atomic E-state index is 0.0204. The zero-order valence-electron chi connectivity index (χ0n) is 14.9. The lowest BCUT2D eigenvalue weighted by atomic mass is 9.76. The van der Waals surface area contributed by atoms with Crippen LogP contribution >= 0.6 is 0 Å². The molecule has 138 valence electrons. The Balaban J connectivity index is 1.79. The van der Waals surface area contributed by atoms with E-state index in [0.717, 1.165) is 6.07 Å². The average molecular weight is 352 g/mol. The second kappa shape index (κ2) is 6.65. The van der Waals surface area contributed by atoms with Gasteiger partial charge in [0.2, 0.25) is 5.91 Å². The van der Waals surface area contributed by atoms with Crippen molar-refractivity contribution in [2.24, 2.45) is 17.8 Å². The summed E-state index contributed by atoms with van der Waals surface area (Å²) in [6.45, 7) is 7.67. The Bertz CT molecular complexity index is 651. The molecule has 0 spiro atoms. The summed E-state index contributed by atoms with van der Waals surface area (Å²) < 4.78 is 27.4. The van der Waals surface area contributed by atoms with Crippen LogP contribution in [0.15, 0.2) is 18.2 Å². The molecule has 2 aliphatic rings. The minimum atomic E-state index is -0.798. The second-order valence-electron chi connectivity index (χ2n) is 7.81. The Hall–Kier alpha value is -1.53. The van der Waals surface area contributed by atoms with Gasteiger partial charge in [0.05, 0.1) is 11.5 Å². The molecule has 3 rings (SSSR count). The molecule has 2 saturated heterocycles. The molecule has 0 bridgehead atoms. The van der Waals surface area contributed by atoms with E-state index in [4.69, 9.17) is 0 Å². The molecule has 2 fully saturated rings. The van der Waals surface area contributed by atoms with Crippen molar-refractivity contribution in [3.05, 3.63) is 35.4 Å². The fourth-order valence-electron chi connectivity index (χ4n) is 4.07. The predicted octanol–water partition coefficient (Wildman–Crippen LogP) is 2.13. The normalized spacial score (nSPS) is 35.8. The molecule has 6 heteroatoms. The molecule has 4 nitrogen and oxygen atoms in total. The van der Waals surface area contributed by atoms with Crippen LogP contribution in [0.5, 0.6) is 0 Å². The number of carbonyl (C=O) groups excluding carboxylic acids is 1. The van der Waals surface area contributed by atoms with Crippen LogP contribution in [-0.2, 0) is 4.79 Å². The molecule has 2 aliphatic heterocycles. The van der Waals surface area contributed by atoms with E-state index >= 15 is 0 Å². The van der Waals surface area contributed by atoms with Gasteiger partial charge in [-0.2, -0.15) is 0 Å². The number of carbonyl (C=O) groups is 1. The fourth-order valence-corrected chi connectivity index (χ4v) is 4.07. The number of benzene rings is 1. The maximum Gasteiger partial charge on any atom is 0.227 e. The van der Waals surface area contributed by atoms with Gasteiger partial charge in [0.1, 0.15) is 11.6 Å². The summed E-state index contributed by atoms with van der Waals surface area (Å²) in [5.41, 5.74) is -0.414. The fraction of sp³-hybridized carbons (Fsp3) is 0.632. The molecule has 1 aromatic carbocycles. The van der Waals surface area contributed by atoms with Crippen LogP contribution < -0.4 is 5.32 Å². The van der Waals surface area contributed by atoms with E-state index in [-0.39, 0.29) is 29.6 Å². The van der Waals surface area contributed by atoms with Crippen LogP contribution in [0.4, 0.5) is 8.78 Å². The van der Waals surface area contributed by atoms with E-state index in [2.05, 4.69) is 5.32 Å². The largest absolute Gasteiger partial charge is 0.389 e. The third-order valence-electron chi connectivity index (χ3n) is 6.19. The zero-order chi connectivity index (χ0) is 18.4. The smallest absolute Gasteiger partial charge is 0.227 e. The maximum atomic E-state index is 14.2. The van der Waals surface area contributed by atoms with Crippen molar-refractivity contribution < 1.29 is 18.7 Å². The van der Waals surface area contributed by atoms with Crippen LogP contribution in [0.1, 0.15) is 32.3 Å². The summed E-state index contributed by atoms with van der Waals surface area (Å²) in [6.07, 6.45) is 0. The third-order valence-corrected chi connectivity index (χ3v) is 6.19. The van der Waals surface area contributed by atoms with Crippen molar-refractivity contribution in [2.45, 2.75) is 32.3 Å². The lowest BCUT2D eigenvalue weighted by molar-refractivity contribution is -0.148. The molecule has 0 aromatic heterocycles. The van der Waals surface area contributed by atoms with Crippen molar-refractivity contribution in [1.29, 1.82) is 0 Å². The Morgan fingerprint density at radius 2 is 1.88 bits per heavy atom. The topological polar surface area (TPSA) is 52.6 Å². The first-order valence-corrected chi connectivity index (χ1v) is 8.88. The summed E-state index contributed by atoms with van der Waals surface area (Å²) in [6, 6.07) is 3.55. The Morgan fingerprint density at radius 1 is 1.24 bits per heavy atom. The lowest BCUT2D eigenvalue weighted by Crippen LogP contribution is -2.57. The van der Waals surface area contributed by atoms with Crippen LogP contribution in [0.3, 0.4) is 0 Å². The van der Waals surface area contributed by atoms with Gasteiger partial charge in [-0.25, -0.2) is 8.78 Å². The van der Waals surface area contributed by atoms with Gasteiger partial charge >= 0.3 is 0 Å². The van der Waals surface area contributed by atoms with Gasteiger partial charge < -0.3 is 15.3 Å². The number of nitrogens with zero attached hydrogens (tertiary/aromatic N) is 1. The van der Waals surface area contributed by atoms with E-state index in [1.807, 2.05) is 20.8 Å². The summed E-state index contributed by atoms with van der Waals surface area (Å²) in [5, 5.41) is 13.7. The molecule has 1 amide bonds. The average Bonchev–Trinajstić information content (AvgIpc) is 3.01. The van der Waals surface area contributed by atoms with E-state index in [1.165, 1.54) is 12.1 Å². The molecule has 2 heterocycles. The van der Waals surface area contributed by atoms with E-state index in [1.54, 1.807) is 4.90 Å². The number of nitrogens with one attached hydrogen (secondary N) is 1. The van der Waals surface area contributed by atoms with Crippen molar-refractivity contribution in [1.82, 2.24) is 10.2 Å². The van der Waals surface area contributed by atoms with Gasteiger partial charge in [-0.15, -0.1) is 0 Å². The van der Waals surface area contributed by atoms with Gasteiger partial charge in [-0.05, 0) is 18.6 Å². The molecule has 5 atom stereocenters. The number of hydrogen-bond donors (Lipinski definition) is 2. The van der Waals surface area contributed by atoms with Crippen LogP contribution in [-0.4, -0.2) is 47.7 Å². The number of likely N-dealkylation sites (tertiary alicyclic amines) is 1. The van der Waals surface area contributed by atoms with E-state index in [9.17, 15) is 18.7 Å². The van der Waals surface area contributed by atoms with Crippen molar-refractivity contribution in [2.75, 3.05) is 26.2 Å². The number of rotatable bonds is 2. The monoisotopic (exact) mass is 352 g/mol. The highest BCUT2D eigenvalue weighted by molar-refractivity contribution is 5.81. The number of aliphatic hydroxyl groups is 1. The van der Waals surface area contributed by atoms with E-state index < -0.39 is 17.2 Å². The molecular weight excluding hydrogens is 326 g/mol. The first-order valence-electron chi connectivity index (χ1n) is 8.88. The molecule has 0 aliphatic carbocycles. The van der Waals surface area contributed by atoms with Gasteiger partial charge in [-0.1, -0.05) is 19.9 Å². The molecule has 1 unspecified atom stereocenters. The quantitative estimate of drug-likeness (QED) is 0.857. The highest BCUT2D eigenvalue weighted by atomic mass is 19.1. The number of piperidine rings is 1. The Labute approximate surface area is 147 Å².